The molecule has 0 N–H and O–H groups in total. The van der Waals surface area contributed by atoms with Crippen LogP contribution in [0.2, 0.25) is 0 Å². The summed E-state index contributed by atoms with van der Waals surface area (Å²) in [6.07, 6.45) is 3.30. The average molecular weight is 158 g/mol. The molecule has 11 heavy (non-hydrogen) atoms. The Labute approximate surface area is 66.7 Å². The van der Waals surface area contributed by atoms with Crippen molar-refractivity contribution in [1.29, 1.82) is 0 Å². The summed E-state index contributed by atoms with van der Waals surface area (Å²) in [7, 11) is 0. The van der Waals surface area contributed by atoms with Crippen molar-refractivity contribution >= 4 is 6.47 Å². The molecule has 64 valence electrons. The van der Waals surface area contributed by atoms with Gasteiger partial charge in [-0.2, -0.15) is 0 Å². The Hall–Kier alpha value is -0.570. The van der Waals surface area contributed by atoms with E-state index in [9.17, 15) is 4.79 Å². The van der Waals surface area contributed by atoms with Crippen LogP contribution < -0.4 is 0 Å². The van der Waals surface area contributed by atoms with Crippen molar-refractivity contribution in [1.82, 2.24) is 0 Å². The van der Waals surface area contributed by atoms with Gasteiger partial charge in [0.25, 0.3) is 6.47 Å². The molecule has 3 heteroatoms. The van der Waals surface area contributed by atoms with Crippen molar-refractivity contribution in [2.75, 3.05) is 19.8 Å². The Bertz CT molecular complexity index is 108. The lowest BCUT2D eigenvalue weighted by Gasteiger charge is -2.21. The molecule has 1 fully saturated rings. The molecule has 0 bridgehead atoms. The van der Waals surface area contributed by atoms with E-state index >= 15 is 0 Å². The lowest BCUT2D eigenvalue weighted by Crippen LogP contribution is -2.18. The Morgan fingerprint density at radius 1 is 1.64 bits per heavy atom. The van der Waals surface area contributed by atoms with Crippen molar-refractivity contribution in [3.05, 3.63) is 0 Å². The van der Waals surface area contributed by atoms with Gasteiger partial charge in [0.1, 0.15) is 0 Å². The summed E-state index contributed by atoms with van der Waals surface area (Å²) in [6, 6.07) is 0. The number of carbonyl (C=O) groups is 1. The smallest absolute Gasteiger partial charge is 0.293 e. The number of ether oxygens (including phenoxy) is 2. The monoisotopic (exact) mass is 158 g/mol. The fourth-order valence-electron chi connectivity index (χ4n) is 1.32. The predicted molar refractivity (Wildman–Crippen MR) is 40.2 cm³/mol. The second-order valence-electron chi connectivity index (χ2n) is 2.84. The molecule has 0 saturated carbocycles. The third kappa shape index (κ3) is 3.37. The van der Waals surface area contributed by atoms with Crippen molar-refractivity contribution in [3.8, 4) is 0 Å². The van der Waals surface area contributed by atoms with Crippen LogP contribution in [0.3, 0.4) is 0 Å². The highest BCUT2D eigenvalue weighted by atomic mass is 16.5. The van der Waals surface area contributed by atoms with Crippen molar-refractivity contribution in [2.45, 2.75) is 19.3 Å². The zero-order chi connectivity index (χ0) is 7.94. The van der Waals surface area contributed by atoms with Gasteiger partial charge in [-0.1, -0.05) is 0 Å². The molecule has 3 nitrogen and oxygen atoms in total. The molecule has 1 aliphatic rings. The maximum Gasteiger partial charge on any atom is 0.293 e. The topological polar surface area (TPSA) is 35.5 Å². The van der Waals surface area contributed by atoms with Crippen molar-refractivity contribution in [2.24, 2.45) is 5.92 Å². The van der Waals surface area contributed by atoms with Gasteiger partial charge >= 0.3 is 0 Å². The molecule has 0 radical (unpaired) electrons. The second-order valence-corrected chi connectivity index (χ2v) is 2.84. The van der Waals surface area contributed by atoms with E-state index in [1.54, 1.807) is 0 Å². The summed E-state index contributed by atoms with van der Waals surface area (Å²) >= 11 is 0. The van der Waals surface area contributed by atoms with E-state index in [4.69, 9.17) is 4.74 Å². The summed E-state index contributed by atoms with van der Waals surface area (Å²) in [5.41, 5.74) is 0. The van der Waals surface area contributed by atoms with Crippen LogP contribution in [0.15, 0.2) is 0 Å². The third-order valence-electron chi connectivity index (χ3n) is 1.97. The number of hydrogen-bond acceptors (Lipinski definition) is 3. The first-order valence-electron chi connectivity index (χ1n) is 4.06. The van der Waals surface area contributed by atoms with Crippen LogP contribution in [0.5, 0.6) is 0 Å². The Morgan fingerprint density at radius 2 is 2.55 bits per heavy atom. The highest BCUT2D eigenvalue weighted by Crippen LogP contribution is 2.16. The molecular weight excluding hydrogens is 144 g/mol. The molecule has 0 aromatic rings. The first kappa shape index (κ1) is 8.53. The molecule has 0 spiro atoms. The van der Waals surface area contributed by atoms with Crippen molar-refractivity contribution in [3.63, 3.8) is 0 Å². The molecular formula is C8H14O3. The van der Waals surface area contributed by atoms with E-state index in [0.717, 1.165) is 26.1 Å². The number of hydrogen-bond donors (Lipinski definition) is 0. The van der Waals surface area contributed by atoms with Crippen LogP contribution in [0.1, 0.15) is 19.3 Å². The van der Waals surface area contributed by atoms with Gasteiger partial charge in [0, 0.05) is 13.2 Å². The molecule has 0 aliphatic carbocycles. The van der Waals surface area contributed by atoms with Crippen LogP contribution in [0, 0.1) is 5.92 Å². The van der Waals surface area contributed by atoms with Gasteiger partial charge < -0.3 is 9.47 Å². The first-order chi connectivity index (χ1) is 5.43. The molecule has 0 amide bonds. The highest BCUT2D eigenvalue weighted by molar-refractivity contribution is 5.36. The van der Waals surface area contributed by atoms with Crippen LogP contribution in [-0.4, -0.2) is 26.3 Å². The summed E-state index contributed by atoms with van der Waals surface area (Å²) in [6.45, 7) is 2.77. The summed E-state index contributed by atoms with van der Waals surface area (Å²) < 4.78 is 9.87. The fraction of sp³-hybridized carbons (Fsp3) is 0.875. The SMILES string of the molecule is O=COCCC1CCCOC1. The van der Waals surface area contributed by atoms with Gasteiger partial charge in [0.15, 0.2) is 0 Å². The zero-order valence-corrected chi connectivity index (χ0v) is 6.62. The molecule has 1 rings (SSSR count). The van der Waals surface area contributed by atoms with E-state index in [-0.39, 0.29) is 0 Å². The summed E-state index contributed by atoms with van der Waals surface area (Å²) in [5.74, 6) is 0.601. The fourth-order valence-corrected chi connectivity index (χ4v) is 1.32. The van der Waals surface area contributed by atoms with Crippen LogP contribution >= 0.6 is 0 Å². The first-order valence-corrected chi connectivity index (χ1v) is 4.06. The van der Waals surface area contributed by atoms with Gasteiger partial charge in [-0.05, 0) is 25.2 Å². The van der Waals surface area contributed by atoms with E-state index in [1.165, 1.54) is 6.42 Å². The van der Waals surface area contributed by atoms with E-state index in [1.807, 2.05) is 0 Å². The molecule has 1 unspecified atom stereocenters. The third-order valence-corrected chi connectivity index (χ3v) is 1.97. The molecule has 1 saturated heterocycles. The average Bonchev–Trinajstić information content (AvgIpc) is 2.07. The second kappa shape index (κ2) is 5.13. The van der Waals surface area contributed by atoms with Gasteiger partial charge in [-0.3, -0.25) is 4.79 Å². The standard InChI is InChI=1S/C8H14O3/c9-7-11-5-3-8-2-1-4-10-6-8/h7-8H,1-6H2. The van der Waals surface area contributed by atoms with Gasteiger partial charge in [-0.25, -0.2) is 0 Å². The predicted octanol–water partition coefficient (Wildman–Crippen LogP) is 0.976. The van der Waals surface area contributed by atoms with Crippen molar-refractivity contribution < 1.29 is 14.3 Å². The Morgan fingerprint density at radius 3 is 3.18 bits per heavy atom. The maximum absolute atomic E-state index is 9.79. The number of carbonyl (C=O) groups excluding carboxylic acids is 1. The van der Waals surface area contributed by atoms with Gasteiger partial charge in [0.05, 0.1) is 6.61 Å². The van der Waals surface area contributed by atoms with E-state index in [0.29, 0.717) is 19.0 Å². The minimum absolute atomic E-state index is 0.504. The van der Waals surface area contributed by atoms with E-state index in [2.05, 4.69) is 4.74 Å². The largest absolute Gasteiger partial charge is 0.468 e. The van der Waals surface area contributed by atoms with Gasteiger partial charge in [0.2, 0.25) is 0 Å². The van der Waals surface area contributed by atoms with Crippen LogP contribution in [0.25, 0.3) is 0 Å². The minimum Gasteiger partial charge on any atom is -0.468 e. The quantitative estimate of drug-likeness (QED) is 0.452. The normalized spacial score (nSPS) is 24.5. The lowest BCUT2D eigenvalue weighted by atomic mass is 9.99. The molecule has 0 aromatic heterocycles. The lowest BCUT2D eigenvalue weighted by molar-refractivity contribution is -0.129. The van der Waals surface area contributed by atoms with Crippen LogP contribution in [0.4, 0.5) is 0 Å². The molecule has 1 heterocycles. The minimum atomic E-state index is 0.504. The highest BCUT2D eigenvalue weighted by Gasteiger charge is 2.12. The van der Waals surface area contributed by atoms with E-state index < -0.39 is 0 Å². The Balaban J connectivity index is 2.00. The molecule has 1 atom stereocenters. The summed E-state index contributed by atoms with van der Waals surface area (Å²) in [4.78, 5) is 9.79. The summed E-state index contributed by atoms with van der Waals surface area (Å²) in [5, 5.41) is 0. The maximum atomic E-state index is 9.79. The number of rotatable bonds is 4. The molecule has 1 aliphatic heterocycles. The zero-order valence-electron chi connectivity index (χ0n) is 6.62. The Kier molecular flexibility index (Phi) is 3.98. The molecule has 0 aromatic carbocycles. The van der Waals surface area contributed by atoms with Gasteiger partial charge in [-0.15, -0.1) is 0 Å². The van der Waals surface area contributed by atoms with Crippen LogP contribution in [-0.2, 0) is 14.3 Å².